The van der Waals surface area contributed by atoms with Crippen LogP contribution in [0.4, 0.5) is 5.13 Å². The summed E-state index contributed by atoms with van der Waals surface area (Å²) in [5, 5.41) is 16.2. The normalized spacial score (nSPS) is 11.6. The van der Waals surface area contributed by atoms with E-state index in [-0.39, 0.29) is 11.3 Å². The molecular formula is C30H27N5O3S2. The minimum Gasteiger partial charge on any atom is -0.493 e. The Kier molecular flexibility index (Phi) is 7.69. The van der Waals surface area contributed by atoms with E-state index in [1.54, 1.807) is 23.6 Å². The third kappa shape index (κ3) is 5.91. The van der Waals surface area contributed by atoms with Gasteiger partial charge in [0.2, 0.25) is 0 Å². The third-order valence-electron chi connectivity index (χ3n) is 5.84. The largest absolute Gasteiger partial charge is 0.493 e. The highest BCUT2D eigenvalue weighted by atomic mass is 32.1. The number of nitrogens with one attached hydrogen (secondary N) is 1. The van der Waals surface area contributed by atoms with E-state index in [0.717, 1.165) is 16.8 Å². The zero-order valence-corrected chi connectivity index (χ0v) is 24.1. The number of para-hydroxylation sites is 1. The Morgan fingerprint density at radius 1 is 1.12 bits per heavy atom. The van der Waals surface area contributed by atoms with Crippen LogP contribution in [0.3, 0.4) is 0 Å². The Morgan fingerprint density at radius 3 is 2.65 bits per heavy atom. The molecule has 8 nitrogen and oxygen atoms in total. The zero-order valence-electron chi connectivity index (χ0n) is 22.5. The highest BCUT2D eigenvalue weighted by molar-refractivity contribution is 7.15. The van der Waals surface area contributed by atoms with Crippen molar-refractivity contribution >= 4 is 50.8 Å². The average molecular weight is 570 g/mol. The van der Waals surface area contributed by atoms with Gasteiger partial charge in [0.05, 0.1) is 36.7 Å². The topological polar surface area (TPSA) is 102 Å². The van der Waals surface area contributed by atoms with Crippen molar-refractivity contribution < 1.29 is 14.3 Å². The molecule has 0 spiro atoms. The molecule has 0 aliphatic heterocycles. The number of aromatic nitrogens is 3. The minimum atomic E-state index is -0.318. The maximum absolute atomic E-state index is 13.5. The van der Waals surface area contributed by atoms with Crippen molar-refractivity contribution in [3.8, 4) is 28.8 Å². The fourth-order valence-electron chi connectivity index (χ4n) is 3.92. The first-order valence-electron chi connectivity index (χ1n) is 12.5. The van der Waals surface area contributed by atoms with Gasteiger partial charge in [-0.3, -0.25) is 14.5 Å². The van der Waals surface area contributed by atoms with Gasteiger partial charge >= 0.3 is 0 Å². The summed E-state index contributed by atoms with van der Waals surface area (Å²) in [4.78, 5) is 23.5. The molecule has 0 aliphatic carbocycles. The summed E-state index contributed by atoms with van der Waals surface area (Å²) in [7, 11) is 1.62. The van der Waals surface area contributed by atoms with Crippen molar-refractivity contribution in [1.82, 2.24) is 14.4 Å². The van der Waals surface area contributed by atoms with Crippen molar-refractivity contribution in [3.63, 3.8) is 0 Å². The van der Waals surface area contributed by atoms with Crippen molar-refractivity contribution in [2.75, 3.05) is 19.0 Å². The number of rotatable bonds is 8. The Balaban J connectivity index is 1.42. The number of benzene rings is 2. The van der Waals surface area contributed by atoms with Crippen molar-refractivity contribution in [3.05, 3.63) is 81.9 Å². The van der Waals surface area contributed by atoms with E-state index in [1.807, 2.05) is 59.4 Å². The number of carbonyl (C=O) groups is 1. The molecule has 5 rings (SSSR count). The maximum Gasteiger partial charge on any atom is 0.276 e. The number of ether oxygens (including phenoxy) is 2. The van der Waals surface area contributed by atoms with Crippen LogP contribution in [0, 0.1) is 16.7 Å². The number of amides is 1. The van der Waals surface area contributed by atoms with Gasteiger partial charge in [-0.1, -0.05) is 45.0 Å². The number of nitrogens with zero attached hydrogens (tertiary/aromatic N) is 4. The molecule has 0 saturated heterocycles. The number of methoxy groups -OCH3 is 1. The summed E-state index contributed by atoms with van der Waals surface area (Å²) in [6.07, 6.45) is 5.53. The van der Waals surface area contributed by atoms with Gasteiger partial charge in [0.1, 0.15) is 5.69 Å². The van der Waals surface area contributed by atoms with Crippen molar-refractivity contribution in [2.45, 2.75) is 20.8 Å². The standard InChI is InChI=1S/C30H27N5O3S2/c1-30(2,3)18-38-26-21(6-5-7-24(26)37-4)12-13-22-25(35-14-15-39-29(35)33-22)27(36)34-28-32-23(17-40-28)20-10-8-19(16-31)9-11-20/h5-15,17H,18H2,1-4H3,(H,32,34,36)/b13-12+. The molecule has 202 valence electrons. The predicted molar refractivity (Wildman–Crippen MR) is 160 cm³/mol. The first kappa shape index (κ1) is 27.1. The number of anilines is 1. The molecule has 1 N–H and O–H groups in total. The van der Waals surface area contributed by atoms with Crippen LogP contribution in [-0.2, 0) is 0 Å². The average Bonchev–Trinajstić information content (AvgIpc) is 3.67. The van der Waals surface area contributed by atoms with Crippen LogP contribution in [0.2, 0.25) is 0 Å². The number of hydrogen-bond acceptors (Lipinski definition) is 8. The molecule has 0 aliphatic rings. The summed E-state index contributed by atoms with van der Waals surface area (Å²) in [5.41, 5.74) is 3.89. The van der Waals surface area contributed by atoms with E-state index in [9.17, 15) is 4.79 Å². The second-order valence-electron chi connectivity index (χ2n) is 10.1. The van der Waals surface area contributed by atoms with Gasteiger partial charge in [0.25, 0.3) is 5.91 Å². The lowest BCUT2D eigenvalue weighted by Gasteiger charge is -2.21. The number of carbonyl (C=O) groups excluding carboxylic acids is 1. The van der Waals surface area contributed by atoms with Crippen LogP contribution >= 0.6 is 22.7 Å². The van der Waals surface area contributed by atoms with Gasteiger partial charge in [-0.05, 0) is 35.8 Å². The van der Waals surface area contributed by atoms with Gasteiger partial charge < -0.3 is 9.47 Å². The number of fused-ring (bicyclic) bond motifs is 1. The number of imidazole rings is 1. The van der Waals surface area contributed by atoms with Crippen LogP contribution < -0.4 is 14.8 Å². The van der Waals surface area contributed by atoms with Gasteiger partial charge in [-0.2, -0.15) is 5.26 Å². The van der Waals surface area contributed by atoms with Gasteiger partial charge in [-0.25, -0.2) is 9.97 Å². The fourth-order valence-corrected chi connectivity index (χ4v) is 5.35. The predicted octanol–water partition coefficient (Wildman–Crippen LogP) is 7.25. The quantitative estimate of drug-likeness (QED) is 0.211. The van der Waals surface area contributed by atoms with Crippen LogP contribution in [0.1, 0.15) is 48.1 Å². The molecule has 40 heavy (non-hydrogen) atoms. The van der Waals surface area contributed by atoms with Crippen LogP contribution in [-0.4, -0.2) is 34.0 Å². The molecule has 5 aromatic rings. The molecule has 0 atom stereocenters. The minimum absolute atomic E-state index is 0.0306. The monoisotopic (exact) mass is 569 g/mol. The summed E-state index contributed by atoms with van der Waals surface area (Å²) in [5.74, 6) is 0.958. The Morgan fingerprint density at radius 2 is 1.93 bits per heavy atom. The van der Waals surface area contributed by atoms with Crippen LogP contribution in [0.15, 0.2) is 59.4 Å². The molecule has 2 aromatic carbocycles. The smallest absolute Gasteiger partial charge is 0.276 e. The fraction of sp³-hybridized carbons (Fsp3) is 0.200. The van der Waals surface area contributed by atoms with E-state index >= 15 is 0 Å². The van der Waals surface area contributed by atoms with E-state index in [1.165, 1.54) is 22.7 Å². The molecule has 3 heterocycles. The number of hydrogen-bond donors (Lipinski definition) is 1. The Bertz CT molecular complexity index is 1730. The van der Waals surface area contributed by atoms with Gasteiger partial charge in [-0.15, -0.1) is 22.7 Å². The molecule has 0 fully saturated rings. The van der Waals surface area contributed by atoms with Crippen molar-refractivity contribution in [1.29, 1.82) is 5.26 Å². The lowest BCUT2D eigenvalue weighted by atomic mass is 9.98. The molecule has 10 heteroatoms. The van der Waals surface area contributed by atoms with E-state index < -0.39 is 0 Å². The van der Waals surface area contributed by atoms with E-state index in [0.29, 0.717) is 45.1 Å². The molecule has 1 amide bonds. The highest BCUT2D eigenvalue weighted by Crippen LogP contribution is 2.34. The molecule has 0 radical (unpaired) electrons. The molecule has 0 bridgehead atoms. The van der Waals surface area contributed by atoms with Crippen molar-refractivity contribution in [2.24, 2.45) is 5.41 Å². The lowest BCUT2D eigenvalue weighted by Crippen LogP contribution is -2.17. The third-order valence-corrected chi connectivity index (χ3v) is 7.35. The summed E-state index contributed by atoms with van der Waals surface area (Å²) < 4.78 is 13.5. The molecule has 0 saturated carbocycles. The Hall–Kier alpha value is -4.46. The molecule has 0 unspecified atom stereocenters. The molecule has 3 aromatic heterocycles. The zero-order chi connectivity index (χ0) is 28.3. The van der Waals surface area contributed by atoms with E-state index in [4.69, 9.17) is 19.7 Å². The molecular weight excluding hydrogens is 542 g/mol. The number of nitriles is 1. The van der Waals surface area contributed by atoms with Crippen LogP contribution in [0.5, 0.6) is 11.5 Å². The number of thiazole rings is 2. The van der Waals surface area contributed by atoms with Gasteiger partial charge in [0.15, 0.2) is 21.6 Å². The summed E-state index contributed by atoms with van der Waals surface area (Å²) in [6, 6.07) is 15.0. The second kappa shape index (κ2) is 11.3. The van der Waals surface area contributed by atoms with E-state index in [2.05, 4.69) is 37.1 Å². The second-order valence-corrected chi connectivity index (χ2v) is 11.9. The first-order valence-corrected chi connectivity index (χ1v) is 14.2. The highest BCUT2D eigenvalue weighted by Gasteiger charge is 2.21. The lowest BCUT2D eigenvalue weighted by molar-refractivity contribution is 0.102. The summed E-state index contributed by atoms with van der Waals surface area (Å²) >= 11 is 2.78. The first-order chi connectivity index (χ1) is 19.3. The Labute approximate surface area is 240 Å². The summed E-state index contributed by atoms with van der Waals surface area (Å²) in [6.45, 7) is 6.84. The van der Waals surface area contributed by atoms with Gasteiger partial charge in [0, 0.05) is 28.1 Å². The SMILES string of the molecule is COc1cccc(/C=C/c2nc3sccn3c2C(=O)Nc2nc(-c3ccc(C#N)cc3)cs2)c1OCC(C)(C)C. The van der Waals surface area contributed by atoms with Crippen LogP contribution in [0.25, 0.3) is 28.4 Å². The maximum atomic E-state index is 13.5.